The van der Waals surface area contributed by atoms with E-state index >= 15 is 0 Å². The summed E-state index contributed by atoms with van der Waals surface area (Å²) in [4.78, 5) is 0. The number of methoxy groups -OCH3 is 1. The maximum Gasteiger partial charge on any atom is 0.125 e. The molecule has 0 unspecified atom stereocenters. The van der Waals surface area contributed by atoms with Gasteiger partial charge in [-0.1, -0.05) is 22.0 Å². The standard InChI is InChI=1S/C15H16BrNO2/c1-10-3-5-13(17)8-15(10)19-9-11-7-12(16)4-6-14(11)18-2/h3-8H,9,17H2,1-2H3. The largest absolute Gasteiger partial charge is 0.496 e. The summed E-state index contributed by atoms with van der Waals surface area (Å²) in [5.74, 6) is 1.60. The van der Waals surface area contributed by atoms with Gasteiger partial charge >= 0.3 is 0 Å². The second kappa shape index (κ2) is 5.97. The summed E-state index contributed by atoms with van der Waals surface area (Å²) < 4.78 is 12.1. The van der Waals surface area contributed by atoms with Crippen molar-refractivity contribution in [1.82, 2.24) is 0 Å². The zero-order chi connectivity index (χ0) is 13.8. The molecule has 0 spiro atoms. The van der Waals surface area contributed by atoms with Crippen molar-refractivity contribution >= 4 is 21.6 Å². The van der Waals surface area contributed by atoms with Gasteiger partial charge in [0.1, 0.15) is 18.1 Å². The molecule has 0 saturated carbocycles. The number of anilines is 1. The zero-order valence-corrected chi connectivity index (χ0v) is 12.5. The average Bonchev–Trinajstić information content (AvgIpc) is 2.40. The smallest absolute Gasteiger partial charge is 0.125 e. The van der Waals surface area contributed by atoms with Crippen LogP contribution in [-0.2, 0) is 6.61 Å². The first-order valence-corrected chi connectivity index (χ1v) is 6.71. The minimum absolute atomic E-state index is 0.437. The Morgan fingerprint density at radius 3 is 2.63 bits per heavy atom. The molecule has 0 atom stereocenters. The van der Waals surface area contributed by atoms with Gasteiger partial charge in [0.15, 0.2) is 0 Å². The summed E-state index contributed by atoms with van der Waals surface area (Å²) in [5.41, 5.74) is 8.50. The molecule has 19 heavy (non-hydrogen) atoms. The highest BCUT2D eigenvalue weighted by Crippen LogP contribution is 2.26. The van der Waals surface area contributed by atoms with Crippen LogP contribution in [0.2, 0.25) is 0 Å². The average molecular weight is 322 g/mol. The molecule has 2 rings (SSSR count). The number of benzene rings is 2. The number of nitrogens with two attached hydrogens (primary N) is 1. The molecule has 0 bridgehead atoms. The van der Waals surface area contributed by atoms with Crippen molar-refractivity contribution < 1.29 is 9.47 Å². The van der Waals surface area contributed by atoms with Crippen molar-refractivity contribution in [1.29, 1.82) is 0 Å². The summed E-state index contributed by atoms with van der Waals surface area (Å²) >= 11 is 3.45. The van der Waals surface area contributed by atoms with E-state index in [-0.39, 0.29) is 0 Å². The van der Waals surface area contributed by atoms with Crippen molar-refractivity contribution in [3.05, 3.63) is 52.0 Å². The Bertz CT molecular complexity index is 584. The molecule has 0 aliphatic carbocycles. The molecule has 0 aliphatic heterocycles. The molecule has 2 aromatic rings. The van der Waals surface area contributed by atoms with Gasteiger partial charge in [-0.25, -0.2) is 0 Å². The summed E-state index contributed by atoms with van der Waals surface area (Å²) in [6.07, 6.45) is 0. The molecule has 0 amide bonds. The van der Waals surface area contributed by atoms with E-state index in [9.17, 15) is 0 Å². The fraction of sp³-hybridized carbons (Fsp3) is 0.200. The van der Waals surface area contributed by atoms with Crippen LogP contribution in [0.15, 0.2) is 40.9 Å². The lowest BCUT2D eigenvalue weighted by molar-refractivity contribution is 0.295. The van der Waals surface area contributed by atoms with Crippen LogP contribution >= 0.6 is 15.9 Å². The van der Waals surface area contributed by atoms with E-state index < -0.39 is 0 Å². The maximum absolute atomic E-state index is 5.82. The molecular formula is C15H16BrNO2. The predicted molar refractivity (Wildman–Crippen MR) is 80.6 cm³/mol. The minimum Gasteiger partial charge on any atom is -0.496 e. The first-order chi connectivity index (χ1) is 9.10. The summed E-state index contributed by atoms with van der Waals surface area (Å²) in [7, 11) is 1.65. The molecule has 0 fully saturated rings. The van der Waals surface area contributed by atoms with Crippen LogP contribution in [0.1, 0.15) is 11.1 Å². The molecular weight excluding hydrogens is 306 g/mol. The molecule has 0 heterocycles. The molecule has 2 N–H and O–H groups in total. The van der Waals surface area contributed by atoms with Crippen LogP contribution in [0.5, 0.6) is 11.5 Å². The molecule has 0 aromatic heterocycles. The number of hydrogen-bond acceptors (Lipinski definition) is 3. The number of hydrogen-bond donors (Lipinski definition) is 1. The Balaban J connectivity index is 2.18. The fourth-order valence-electron chi connectivity index (χ4n) is 1.79. The van der Waals surface area contributed by atoms with Crippen molar-refractivity contribution in [3.63, 3.8) is 0 Å². The quantitative estimate of drug-likeness (QED) is 0.868. The van der Waals surface area contributed by atoms with Crippen molar-refractivity contribution in [2.24, 2.45) is 0 Å². The topological polar surface area (TPSA) is 44.5 Å². The van der Waals surface area contributed by atoms with Crippen LogP contribution in [0.3, 0.4) is 0 Å². The fourth-order valence-corrected chi connectivity index (χ4v) is 2.20. The first-order valence-electron chi connectivity index (χ1n) is 5.91. The lowest BCUT2D eigenvalue weighted by Crippen LogP contribution is -2.00. The van der Waals surface area contributed by atoms with E-state index in [1.54, 1.807) is 7.11 Å². The lowest BCUT2D eigenvalue weighted by Gasteiger charge is -2.12. The van der Waals surface area contributed by atoms with E-state index in [0.29, 0.717) is 12.3 Å². The Kier molecular flexibility index (Phi) is 4.32. The maximum atomic E-state index is 5.82. The normalized spacial score (nSPS) is 10.3. The number of halogens is 1. The number of rotatable bonds is 4. The van der Waals surface area contributed by atoms with Crippen molar-refractivity contribution in [3.8, 4) is 11.5 Å². The van der Waals surface area contributed by atoms with Gasteiger partial charge in [-0.05, 0) is 36.8 Å². The summed E-state index contributed by atoms with van der Waals surface area (Å²) in [5, 5.41) is 0. The second-order valence-corrected chi connectivity index (χ2v) is 5.19. The van der Waals surface area contributed by atoms with Gasteiger partial charge in [0.25, 0.3) is 0 Å². The minimum atomic E-state index is 0.437. The molecule has 3 nitrogen and oxygen atoms in total. The third kappa shape index (κ3) is 3.41. The van der Waals surface area contributed by atoms with Crippen molar-refractivity contribution in [2.75, 3.05) is 12.8 Å². The summed E-state index contributed by atoms with van der Waals surface area (Å²) in [6.45, 7) is 2.43. The molecule has 4 heteroatoms. The summed E-state index contributed by atoms with van der Waals surface area (Å²) in [6, 6.07) is 11.5. The molecule has 0 aliphatic rings. The van der Waals surface area contributed by atoms with Crippen molar-refractivity contribution in [2.45, 2.75) is 13.5 Å². The van der Waals surface area contributed by atoms with Gasteiger partial charge in [-0.15, -0.1) is 0 Å². The Labute approximate surface area is 121 Å². The first kappa shape index (κ1) is 13.7. The highest BCUT2D eigenvalue weighted by atomic mass is 79.9. The van der Waals surface area contributed by atoms with Crippen LogP contribution in [0, 0.1) is 6.92 Å². The van der Waals surface area contributed by atoms with Crippen LogP contribution < -0.4 is 15.2 Å². The van der Waals surface area contributed by atoms with Crippen LogP contribution in [0.4, 0.5) is 5.69 Å². The van der Waals surface area contributed by atoms with Crippen LogP contribution in [-0.4, -0.2) is 7.11 Å². The highest BCUT2D eigenvalue weighted by Gasteiger charge is 2.06. The Morgan fingerprint density at radius 1 is 1.11 bits per heavy atom. The zero-order valence-electron chi connectivity index (χ0n) is 10.9. The lowest BCUT2D eigenvalue weighted by atomic mass is 10.2. The second-order valence-electron chi connectivity index (χ2n) is 4.27. The van der Waals surface area contributed by atoms with Gasteiger partial charge < -0.3 is 15.2 Å². The Hall–Kier alpha value is -1.68. The number of aryl methyl sites for hydroxylation is 1. The van der Waals surface area contributed by atoms with Crippen LogP contribution in [0.25, 0.3) is 0 Å². The van der Waals surface area contributed by atoms with E-state index in [0.717, 1.165) is 27.1 Å². The molecule has 2 aromatic carbocycles. The third-order valence-electron chi connectivity index (χ3n) is 2.84. The van der Waals surface area contributed by atoms with Gasteiger partial charge in [-0.2, -0.15) is 0 Å². The predicted octanol–water partition coefficient (Wildman–Crippen LogP) is 3.93. The monoisotopic (exact) mass is 321 g/mol. The van der Waals surface area contributed by atoms with E-state index in [1.165, 1.54) is 0 Å². The molecule has 0 saturated heterocycles. The third-order valence-corrected chi connectivity index (χ3v) is 3.33. The van der Waals surface area contributed by atoms with Gasteiger partial charge in [0, 0.05) is 21.8 Å². The Morgan fingerprint density at radius 2 is 1.89 bits per heavy atom. The van der Waals surface area contributed by atoms with E-state index in [4.69, 9.17) is 15.2 Å². The number of ether oxygens (including phenoxy) is 2. The molecule has 100 valence electrons. The number of nitrogen functional groups attached to an aromatic ring is 1. The van der Waals surface area contributed by atoms with Gasteiger partial charge in [0.2, 0.25) is 0 Å². The molecule has 0 radical (unpaired) electrons. The highest BCUT2D eigenvalue weighted by molar-refractivity contribution is 9.10. The SMILES string of the molecule is COc1ccc(Br)cc1COc1cc(N)ccc1C. The van der Waals surface area contributed by atoms with E-state index in [1.807, 2.05) is 43.3 Å². The van der Waals surface area contributed by atoms with E-state index in [2.05, 4.69) is 15.9 Å². The van der Waals surface area contributed by atoms with Gasteiger partial charge in [0.05, 0.1) is 7.11 Å². The van der Waals surface area contributed by atoms with Gasteiger partial charge in [-0.3, -0.25) is 0 Å².